The lowest BCUT2D eigenvalue weighted by atomic mass is 10.1. The molecule has 2 aromatic carbocycles. The van der Waals surface area contributed by atoms with Gasteiger partial charge in [-0.05, 0) is 28.3 Å². The Kier molecular flexibility index (Phi) is 1.77. The molecule has 15 heavy (non-hydrogen) atoms. The standard InChI is InChI=1S/C13H10ClN/c14-12-6-5-10-9-4-2-1-3-8(9)7-11(10)13(12)15/h1-6H,7,15H2. The Labute approximate surface area is 93.5 Å². The molecule has 0 radical (unpaired) electrons. The summed E-state index contributed by atoms with van der Waals surface area (Å²) in [5, 5.41) is 0.654. The van der Waals surface area contributed by atoms with Gasteiger partial charge in [0.25, 0.3) is 0 Å². The SMILES string of the molecule is Nc1c(Cl)ccc2c1Cc1ccccc1-2. The molecule has 0 saturated heterocycles. The van der Waals surface area contributed by atoms with Crippen molar-refractivity contribution >= 4 is 17.3 Å². The summed E-state index contributed by atoms with van der Waals surface area (Å²) in [7, 11) is 0. The van der Waals surface area contributed by atoms with Gasteiger partial charge in [0.1, 0.15) is 0 Å². The van der Waals surface area contributed by atoms with Crippen LogP contribution in [0.25, 0.3) is 11.1 Å². The summed E-state index contributed by atoms with van der Waals surface area (Å²) >= 11 is 6.01. The first kappa shape index (κ1) is 8.81. The highest BCUT2D eigenvalue weighted by Gasteiger charge is 2.20. The number of hydrogen-bond acceptors (Lipinski definition) is 1. The molecular weight excluding hydrogens is 206 g/mol. The van der Waals surface area contributed by atoms with Gasteiger partial charge in [0.15, 0.2) is 0 Å². The van der Waals surface area contributed by atoms with Crippen LogP contribution < -0.4 is 5.73 Å². The van der Waals surface area contributed by atoms with Gasteiger partial charge >= 0.3 is 0 Å². The summed E-state index contributed by atoms with van der Waals surface area (Å²) in [4.78, 5) is 0. The van der Waals surface area contributed by atoms with Gasteiger partial charge < -0.3 is 5.73 Å². The average molecular weight is 216 g/mol. The molecule has 0 spiro atoms. The quantitative estimate of drug-likeness (QED) is 0.571. The van der Waals surface area contributed by atoms with Gasteiger partial charge in [-0.15, -0.1) is 0 Å². The van der Waals surface area contributed by atoms with Gasteiger partial charge in [0, 0.05) is 6.42 Å². The largest absolute Gasteiger partial charge is 0.397 e. The highest BCUT2D eigenvalue weighted by atomic mass is 35.5. The maximum absolute atomic E-state index is 6.01. The molecule has 3 rings (SSSR count). The highest BCUT2D eigenvalue weighted by molar-refractivity contribution is 6.33. The number of benzene rings is 2. The monoisotopic (exact) mass is 215 g/mol. The van der Waals surface area contributed by atoms with Crippen LogP contribution in [0.3, 0.4) is 0 Å². The van der Waals surface area contributed by atoms with Crippen LogP contribution in [-0.4, -0.2) is 0 Å². The number of nitrogen functional groups attached to an aromatic ring is 1. The average Bonchev–Trinajstić information content (AvgIpc) is 2.63. The van der Waals surface area contributed by atoms with Crippen LogP contribution in [0.15, 0.2) is 36.4 Å². The minimum Gasteiger partial charge on any atom is -0.397 e. The summed E-state index contributed by atoms with van der Waals surface area (Å²) in [6.45, 7) is 0. The molecule has 0 aliphatic heterocycles. The Morgan fingerprint density at radius 2 is 1.80 bits per heavy atom. The van der Waals surface area contributed by atoms with Crippen LogP contribution in [0.1, 0.15) is 11.1 Å². The van der Waals surface area contributed by atoms with E-state index in [1.54, 1.807) is 0 Å². The molecule has 2 aromatic rings. The number of halogens is 1. The minimum atomic E-state index is 0.654. The van der Waals surface area contributed by atoms with Crippen LogP contribution >= 0.6 is 11.6 Å². The predicted molar refractivity (Wildman–Crippen MR) is 64.1 cm³/mol. The Hall–Kier alpha value is -1.47. The second-order valence-electron chi connectivity index (χ2n) is 3.82. The second kappa shape index (κ2) is 3.01. The molecular formula is C13H10ClN. The third-order valence-corrected chi connectivity index (χ3v) is 3.31. The zero-order valence-electron chi connectivity index (χ0n) is 8.13. The van der Waals surface area contributed by atoms with Crippen LogP contribution in [-0.2, 0) is 6.42 Å². The highest BCUT2D eigenvalue weighted by Crippen LogP contribution is 2.41. The summed E-state index contributed by atoms with van der Waals surface area (Å²) in [6.07, 6.45) is 0.901. The molecule has 0 unspecified atom stereocenters. The number of rotatable bonds is 0. The van der Waals surface area contributed by atoms with Crippen molar-refractivity contribution in [2.45, 2.75) is 6.42 Å². The normalized spacial score (nSPS) is 12.3. The van der Waals surface area contributed by atoms with Crippen LogP contribution in [0.4, 0.5) is 5.69 Å². The predicted octanol–water partition coefficient (Wildman–Crippen LogP) is 3.49. The molecule has 0 heterocycles. The van der Waals surface area contributed by atoms with Gasteiger partial charge in [0.05, 0.1) is 10.7 Å². The van der Waals surface area contributed by atoms with E-state index in [2.05, 4.69) is 30.3 Å². The van der Waals surface area contributed by atoms with Crippen LogP contribution in [0.5, 0.6) is 0 Å². The molecule has 0 aromatic heterocycles. The molecule has 1 nitrogen and oxygen atoms in total. The van der Waals surface area contributed by atoms with Crippen LogP contribution in [0.2, 0.25) is 5.02 Å². The zero-order valence-corrected chi connectivity index (χ0v) is 8.88. The van der Waals surface area contributed by atoms with Gasteiger partial charge in [-0.1, -0.05) is 41.9 Å². The Morgan fingerprint density at radius 1 is 1.00 bits per heavy atom. The Morgan fingerprint density at radius 3 is 2.67 bits per heavy atom. The molecule has 1 aliphatic carbocycles. The van der Waals surface area contributed by atoms with Gasteiger partial charge in [-0.25, -0.2) is 0 Å². The van der Waals surface area contributed by atoms with Crippen molar-refractivity contribution in [1.29, 1.82) is 0 Å². The fraction of sp³-hybridized carbons (Fsp3) is 0.0769. The van der Waals surface area contributed by atoms with E-state index in [1.165, 1.54) is 22.3 Å². The lowest BCUT2D eigenvalue weighted by Gasteiger charge is -2.05. The fourth-order valence-corrected chi connectivity index (χ4v) is 2.38. The van der Waals surface area contributed by atoms with E-state index in [9.17, 15) is 0 Å². The van der Waals surface area contributed by atoms with E-state index in [0.29, 0.717) is 5.02 Å². The Bertz CT molecular complexity index is 546. The van der Waals surface area contributed by atoms with E-state index in [1.807, 2.05) is 6.07 Å². The molecule has 0 amide bonds. The molecule has 74 valence electrons. The molecule has 0 saturated carbocycles. The van der Waals surface area contributed by atoms with Gasteiger partial charge in [-0.3, -0.25) is 0 Å². The minimum absolute atomic E-state index is 0.654. The van der Waals surface area contributed by atoms with Crippen molar-refractivity contribution in [3.63, 3.8) is 0 Å². The number of nitrogens with two attached hydrogens (primary N) is 1. The first-order chi connectivity index (χ1) is 7.27. The van der Waals surface area contributed by atoms with E-state index in [-0.39, 0.29) is 0 Å². The van der Waals surface area contributed by atoms with E-state index in [4.69, 9.17) is 17.3 Å². The zero-order chi connectivity index (χ0) is 10.4. The first-order valence-electron chi connectivity index (χ1n) is 4.92. The van der Waals surface area contributed by atoms with Crippen LogP contribution in [0, 0.1) is 0 Å². The van der Waals surface area contributed by atoms with Crippen molar-refractivity contribution in [3.05, 3.63) is 52.5 Å². The number of fused-ring (bicyclic) bond motifs is 3. The second-order valence-corrected chi connectivity index (χ2v) is 4.23. The fourth-order valence-electron chi connectivity index (χ4n) is 2.21. The summed E-state index contributed by atoms with van der Waals surface area (Å²) in [5.41, 5.74) is 11.7. The van der Waals surface area contributed by atoms with E-state index < -0.39 is 0 Å². The third kappa shape index (κ3) is 1.17. The lowest BCUT2D eigenvalue weighted by Crippen LogP contribution is -1.93. The molecule has 0 fully saturated rings. The topological polar surface area (TPSA) is 26.0 Å². The summed E-state index contributed by atoms with van der Waals surface area (Å²) in [6, 6.07) is 12.3. The lowest BCUT2D eigenvalue weighted by molar-refractivity contribution is 1.27. The molecule has 2 N–H and O–H groups in total. The number of anilines is 1. The van der Waals surface area contributed by atoms with Crippen molar-refractivity contribution in [2.75, 3.05) is 5.73 Å². The molecule has 0 bridgehead atoms. The summed E-state index contributed by atoms with van der Waals surface area (Å²) in [5.74, 6) is 0. The first-order valence-corrected chi connectivity index (χ1v) is 5.30. The van der Waals surface area contributed by atoms with Crippen molar-refractivity contribution in [2.24, 2.45) is 0 Å². The smallest absolute Gasteiger partial charge is 0.0638 e. The molecule has 0 atom stereocenters. The number of hydrogen-bond donors (Lipinski definition) is 1. The van der Waals surface area contributed by atoms with Crippen molar-refractivity contribution in [3.8, 4) is 11.1 Å². The maximum atomic E-state index is 6.01. The van der Waals surface area contributed by atoms with Gasteiger partial charge in [-0.2, -0.15) is 0 Å². The molecule has 2 heteroatoms. The van der Waals surface area contributed by atoms with E-state index in [0.717, 1.165) is 12.1 Å². The van der Waals surface area contributed by atoms with Gasteiger partial charge in [0.2, 0.25) is 0 Å². The molecule has 1 aliphatic rings. The summed E-state index contributed by atoms with van der Waals surface area (Å²) < 4.78 is 0. The third-order valence-electron chi connectivity index (χ3n) is 2.98. The van der Waals surface area contributed by atoms with E-state index >= 15 is 0 Å². The maximum Gasteiger partial charge on any atom is 0.0638 e. The van der Waals surface area contributed by atoms with Crippen molar-refractivity contribution in [1.82, 2.24) is 0 Å². The van der Waals surface area contributed by atoms with Crippen molar-refractivity contribution < 1.29 is 0 Å². The Balaban J connectivity index is 2.31.